The largest absolute Gasteiger partial charge is 0.490 e. The van der Waals surface area contributed by atoms with Gasteiger partial charge in [0.25, 0.3) is 0 Å². The molecule has 1 rings (SSSR count). The molecule has 1 aromatic rings. The molecule has 0 bridgehead atoms. The molecule has 0 unspecified atom stereocenters. The molecule has 0 heterocycles. The van der Waals surface area contributed by atoms with Crippen LogP contribution >= 0.6 is 0 Å². The third kappa shape index (κ3) is 2.23. The number of nitro benzene ring substituents is 1. The second kappa shape index (κ2) is 4.72. The summed E-state index contributed by atoms with van der Waals surface area (Å²) in [6.45, 7) is -0.516. The fourth-order valence-electron chi connectivity index (χ4n) is 1.27. The summed E-state index contributed by atoms with van der Waals surface area (Å²) in [6.07, 6.45) is -1.18. The highest BCUT2D eigenvalue weighted by Crippen LogP contribution is 2.33. The van der Waals surface area contributed by atoms with Gasteiger partial charge >= 0.3 is 5.69 Å². The summed E-state index contributed by atoms with van der Waals surface area (Å²) in [5, 5.41) is 28.8. The molecule has 0 saturated heterocycles. The van der Waals surface area contributed by atoms with E-state index < -0.39 is 17.6 Å². The average molecular weight is 213 g/mol. The number of benzene rings is 1. The lowest BCUT2D eigenvalue weighted by Gasteiger charge is -2.12. The molecule has 0 spiro atoms. The minimum Gasteiger partial charge on any atom is -0.490 e. The van der Waals surface area contributed by atoms with Gasteiger partial charge in [-0.15, -0.1) is 0 Å². The Hall–Kier alpha value is -1.66. The van der Waals surface area contributed by atoms with E-state index in [1.165, 1.54) is 25.3 Å². The molecule has 0 radical (unpaired) electrons. The number of methoxy groups -OCH3 is 1. The topological polar surface area (TPSA) is 92.8 Å². The van der Waals surface area contributed by atoms with E-state index in [2.05, 4.69) is 0 Å². The Balaban J connectivity index is 3.28. The van der Waals surface area contributed by atoms with E-state index in [0.29, 0.717) is 0 Å². The molecule has 0 saturated carbocycles. The molecule has 15 heavy (non-hydrogen) atoms. The number of ether oxygens (including phenoxy) is 1. The Labute approximate surface area is 85.9 Å². The summed E-state index contributed by atoms with van der Waals surface area (Å²) in [5.41, 5.74) is -0.0308. The van der Waals surface area contributed by atoms with Crippen LogP contribution in [0.4, 0.5) is 5.69 Å². The van der Waals surface area contributed by atoms with Crippen molar-refractivity contribution in [2.24, 2.45) is 0 Å². The van der Waals surface area contributed by atoms with Gasteiger partial charge in [0.1, 0.15) is 6.10 Å². The van der Waals surface area contributed by atoms with Gasteiger partial charge in [0.05, 0.1) is 18.6 Å². The van der Waals surface area contributed by atoms with Crippen LogP contribution in [0.15, 0.2) is 18.2 Å². The Bertz CT molecular complexity index is 366. The molecular formula is C9H11NO5. The van der Waals surface area contributed by atoms with E-state index in [4.69, 9.17) is 9.84 Å². The van der Waals surface area contributed by atoms with E-state index in [0.717, 1.165) is 0 Å². The normalized spacial score (nSPS) is 12.2. The number of aliphatic hydroxyl groups excluding tert-OH is 2. The summed E-state index contributed by atoms with van der Waals surface area (Å²) >= 11 is 0. The molecule has 0 amide bonds. The number of para-hydroxylation sites is 1. The van der Waals surface area contributed by atoms with Crippen LogP contribution in [-0.2, 0) is 0 Å². The van der Waals surface area contributed by atoms with Gasteiger partial charge < -0.3 is 14.9 Å². The summed E-state index contributed by atoms with van der Waals surface area (Å²) in [6, 6.07) is 4.16. The van der Waals surface area contributed by atoms with Crippen LogP contribution in [0, 0.1) is 10.1 Å². The van der Waals surface area contributed by atoms with Crippen LogP contribution in [0.2, 0.25) is 0 Å². The van der Waals surface area contributed by atoms with Gasteiger partial charge in [0.15, 0.2) is 0 Å². The summed E-state index contributed by atoms with van der Waals surface area (Å²) in [5.74, 6) is -0.0240. The van der Waals surface area contributed by atoms with E-state index in [1.807, 2.05) is 0 Å². The van der Waals surface area contributed by atoms with Gasteiger partial charge in [0, 0.05) is 11.6 Å². The zero-order valence-electron chi connectivity index (χ0n) is 8.08. The Kier molecular flexibility index (Phi) is 3.59. The predicted molar refractivity (Wildman–Crippen MR) is 51.7 cm³/mol. The second-order valence-corrected chi connectivity index (χ2v) is 2.86. The number of hydrogen-bond acceptors (Lipinski definition) is 5. The van der Waals surface area contributed by atoms with Crippen LogP contribution in [0.1, 0.15) is 11.7 Å². The van der Waals surface area contributed by atoms with Crippen LogP contribution in [-0.4, -0.2) is 28.9 Å². The van der Waals surface area contributed by atoms with Crippen LogP contribution in [0.25, 0.3) is 0 Å². The zero-order valence-corrected chi connectivity index (χ0v) is 8.08. The standard InChI is InChI=1S/C9H11NO5/c1-15-9-6(8(12)5-11)3-2-4-7(9)10(13)14/h2-4,8,11-12H,5H2,1H3/t8-/m1/s1. The zero-order chi connectivity index (χ0) is 11.4. The van der Waals surface area contributed by atoms with Crippen molar-refractivity contribution >= 4 is 5.69 Å². The first-order chi connectivity index (χ1) is 7.11. The van der Waals surface area contributed by atoms with Gasteiger partial charge in [-0.2, -0.15) is 0 Å². The maximum absolute atomic E-state index is 10.6. The van der Waals surface area contributed by atoms with Gasteiger partial charge in [-0.25, -0.2) is 0 Å². The van der Waals surface area contributed by atoms with Crippen molar-refractivity contribution in [3.05, 3.63) is 33.9 Å². The van der Waals surface area contributed by atoms with Gasteiger partial charge in [-0.3, -0.25) is 10.1 Å². The van der Waals surface area contributed by atoms with E-state index >= 15 is 0 Å². The van der Waals surface area contributed by atoms with Crippen molar-refractivity contribution in [3.63, 3.8) is 0 Å². The molecule has 82 valence electrons. The number of hydrogen-bond donors (Lipinski definition) is 2. The quantitative estimate of drug-likeness (QED) is 0.565. The summed E-state index contributed by atoms with van der Waals surface area (Å²) in [7, 11) is 1.27. The van der Waals surface area contributed by atoms with Gasteiger partial charge in [-0.1, -0.05) is 12.1 Å². The molecule has 2 N–H and O–H groups in total. The molecular weight excluding hydrogens is 202 g/mol. The third-order valence-electron chi connectivity index (χ3n) is 1.96. The molecule has 6 heteroatoms. The lowest BCUT2D eigenvalue weighted by molar-refractivity contribution is -0.385. The minimum atomic E-state index is -1.18. The van der Waals surface area contributed by atoms with Crippen molar-refractivity contribution in [3.8, 4) is 5.75 Å². The Morgan fingerprint density at radius 2 is 2.27 bits per heavy atom. The maximum Gasteiger partial charge on any atom is 0.311 e. The lowest BCUT2D eigenvalue weighted by atomic mass is 10.1. The number of nitrogens with zero attached hydrogens (tertiary/aromatic N) is 1. The van der Waals surface area contributed by atoms with Crippen molar-refractivity contribution in [1.29, 1.82) is 0 Å². The molecule has 1 aromatic carbocycles. The van der Waals surface area contributed by atoms with Crippen LogP contribution in [0.5, 0.6) is 5.75 Å². The van der Waals surface area contributed by atoms with Crippen molar-refractivity contribution in [2.45, 2.75) is 6.10 Å². The summed E-state index contributed by atoms with van der Waals surface area (Å²) in [4.78, 5) is 10.0. The molecule has 0 aliphatic carbocycles. The number of aliphatic hydroxyl groups is 2. The second-order valence-electron chi connectivity index (χ2n) is 2.86. The first kappa shape index (κ1) is 11.4. The average Bonchev–Trinajstić information content (AvgIpc) is 2.26. The molecule has 6 nitrogen and oxygen atoms in total. The van der Waals surface area contributed by atoms with E-state index in [-0.39, 0.29) is 17.0 Å². The monoisotopic (exact) mass is 213 g/mol. The molecule has 0 aromatic heterocycles. The Morgan fingerprint density at radius 1 is 1.60 bits per heavy atom. The van der Waals surface area contributed by atoms with E-state index in [9.17, 15) is 15.2 Å². The fourth-order valence-corrected chi connectivity index (χ4v) is 1.27. The van der Waals surface area contributed by atoms with Crippen molar-refractivity contribution in [1.82, 2.24) is 0 Å². The highest BCUT2D eigenvalue weighted by atomic mass is 16.6. The first-order valence-corrected chi connectivity index (χ1v) is 4.22. The first-order valence-electron chi connectivity index (χ1n) is 4.22. The van der Waals surface area contributed by atoms with Crippen LogP contribution in [0.3, 0.4) is 0 Å². The van der Waals surface area contributed by atoms with Crippen molar-refractivity contribution < 1.29 is 19.9 Å². The van der Waals surface area contributed by atoms with E-state index in [1.54, 1.807) is 0 Å². The maximum atomic E-state index is 10.6. The number of rotatable bonds is 4. The smallest absolute Gasteiger partial charge is 0.311 e. The highest BCUT2D eigenvalue weighted by Gasteiger charge is 2.21. The fraction of sp³-hybridized carbons (Fsp3) is 0.333. The highest BCUT2D eigenvalue weighted by molar-refractivity contribution is 5.52. The van der Waals surface area contributed by atoms with Crippen molar-refractivity contribution in [2.75, 3.05) is 13.7 Å². The number of nitro groups is 1. The summed E-state index contributed by atoms with van der Waals surface area (Å²) < 4.78 is 4.85. The molecule has 1 atom stereocenters. The third-order valence-corrected chi connectivity index (χ3v) is 1.96. The van der Waals surface area contributed by atoms with Crippen LogP contribution < -0.4 is 4.74 Å². The molecule has 0 aliphatic heterocycles. The molecule has 0 aliphatic rings. The van der Waals surface area contributed by atoms with Gasteiger partial charge in [0.2, 0.25) is 5.75 Å². The minimum absolute atomic E-state index is 0.0240. The SMILES string of the molecule is COc1c([C@H](O)CO)cccc1[N+](=O)[O-]. The lowest BCUT2D eigenvalue weighted by Crippen LogP contribution is -2.06. The molecule has 0 fully saturated rings. The predicted octanol–water partition coefficient (Wildman–Crippen LogP) is 0.629. The van der Waals surface area contributed by atoms with Gasteiger partial charge in [-0.05, 0) is 0 Å². The Morgan fingerprint density at radius 3 is 2.73 bits per heavy atom.